The lowest BCUT2D eigenvalue weighted by Gasteiger charge is -2.10. The summed E-state index contributed by atoms with van der Waals surface area (Å²) in [5, 5.41) is 4.12. The Hall–Kier alpha value is -4.19. The molecule has 5 rings (SSSR count). The number of carbonyl (C=O) groups is 1. The number of amides is 1. The van der Waals surface area contributed by atoms with Gasteiger partial charge in [-0.15, -0.1) is 0 Å². The first-order valence-electron chi connectivity index (χ1n) is 8.97. The Labute approximate surface area is 165 Å². The summed E-state index contributed by atoms with van der Waals surface area (Å²) in [5.74, 6) is -0.193. The van der Waals surface area contributed by atoms with Crippen LogP contribution in [-0.2, 0) is 0 Å². The maximum Gasteiger partial charge on any atom is 0.347 e. The molecule has 0 bridgehead atoms. The van der Waals surface area contributed by atoms with E-state index in [0.29, 0.717) is 33.3 Å². The normalized spacial score (nSPS) is 11.0. The molecule has 0 aliphatic heterocycles. The highest BCUT2D eigenvalue weighted by Crippen LogP contribution is 2.28. The second-order valence-corrected chi connectivity index (χ2v) is 6.47. The number of furan rings is 1. The minimum Gasteiger partial charge on any atom is -0.464 e. The highest BCUT2D eigenvalue weighted by atomic mass is 16.4. The van der Waals surface area contributed by atoms with Crippen molar-refractivity contribution in [2.24, 2.45) is 0 Å². The largest absolute Gasteiger partial charge is 0.464 e. The zero-order valence-corrected chi connectivity index (χ0v) is 15.1. The standard InChI is InChI=1S/C23H14N2O4.H2/c26-21(17-9-5-6-14-12-13-28-20(14)17)24-18-10-3-1-7-15(18)22-25-19-11-4-2-8-16(19)23(27)29-22;/h1-13H,(H,24,26);1H. The molecule has 0 radical (unpaired) electrons. The second kappa shape index (κ2) is 6.76. The van der Waals surface area contributed by atoms with Crippen LogP contribution in [0.15, 0.2) is 92.7 Å². The SMILES string of the molecule is O=C(Nc1ccccc1-c1nc2ccccc2c(=O)o1)c1cccc2ccoc12.[HH]. The molecule has 0 fully saturated rings. The van der Waals surface area contributed by atoms with E-state index in [4.69, 9.17) is 8.83 Å². The van der Waals surface area contributed by atoms with E-state index in [1.54, 1.807) is 73.0 Å². The Kier molecular flexibility index (Phi) is 3.95. The highest BCUT2D eigenvalue weighted by molar-refractivity contribution is 6.12. The summed E-state index contributed by atoms with van der Waals surface area (Å²) in [6.07, 6.45) is 1.54. The lowest BCUT2D eigenvalue weighted by Crippen LogP contribution is -2.13. The van der Waals surface area contributed by atoms with Gasteiger partial charge in [0.25, 0.3) is 5.91 Å². The molecule has 6 nitrogen and oxygen atoms in total. The lowest BCUT2D eigenvalue weighted by atomic mass is 10.1. The Morgan fingerprint density at radius 3 is 2.69 bits per heavy atom. The van der Waals surface area contributed by atoms with Crippen molar-refractivity contribution in [1.29, 1.82) is 0 Å². The fourth-order valence-corrected chi connectivity index (χ4v) is 3.27. The summed E-state index contributed by atoms with van der Waals surface area (Å²) in [4.78, 5) is 29.7. The molecule has 1 N–H and O–H groups in total. The number of nitrogens with one attached hydrogen (secondary N) is 1. The molecule has 2 heterocycles. The van der Waals surface area contributed by atoms with Crippen molar-refractivity contribution in [3.05, 3.63) is 95.0 Å². The number of para-hydroxylation sites is 3. The number of hydrogen-bond acceptors (Lipinski definition) is 5. The van der Waals surface area contributed by atoms with Crippen molar-refractivity contribution in [2.45, 2.75) is 0 Å². The first-order valence-corrected chi connectivity index (χ1v) is 8.97. The van der Waals surface area contributed by atoms with Crippen molar-refractivity contribution in [2.75, 3.05) is 5.32 Å². The van der Waals surface area contributed by atoms with Gasteiger partial charge in [-0.25, -0.2) is 9.78 Å². The number of fused-ring (bicyclic) bond motifs is 2. The molecule has 0 unspecified atom stereocenters. The predicted octanol–water partition coefficient (Wildman–Crippen LogP) is 5.10. The number of benzene rings is 3. The monoisotopic (exact) mass is 384 g/mol. The quantitative estimate of drug-likeness (QED) is 0.468. The second-order valence-electron chi connectivity index (χ2n) is 6.47. The van der Waals surface area contributed by atoms with Crippen LogP contribution in [0, 0.1) is 0 Å². The summed E-state index contributed by atoms with van der Waals surface area (Å²) >= 11 is 0. The average molecular weight is 384 g/mol. The van der Waals surface area contributed by atoms with E-state index >= 15 is 0 Å². The first-order chi connectivity index (χ1) is 14.2. The van der Waals surface area contributed by atoms with E-state index in [-0.39, 0.29) is 13.2 Å². The van der Waals surface area contributed by atoms with E-state index in [9.17, 15) is 9.59 Å². The van der Waals surface area contributed by atoms with Crippen molar-refractivity contribution in [3.63, 3.8) is 0 Å². The molecule has 0 aliphatic rings. The summed E-state index contributed by atoms with van der Waals surface area (Å²) in [7, 11) is 0. The van der Waals surface area contributed by atoms with Crippen LogP contribution in [0.2, 0.25) is 0 Å². The first kappa shape index (κ1) is 16.9. The third-order valence-corrected chi connectivity index (χ3v) is 4.66. The van der Waals surface area contributed by atoms with Gasteiger partial charge in [-0.2, -0.15) is 0 Å². The van der Waals surface area contributed by atoms with Crippen LogP contribution < -0.4 is 10.9 Å². The number of rotatable bonds is 3. The minimum atomic E-state index is -0.480. The molecule has 142 valence electrons. The molecule has 5 aromatic rings. The van der Waals surface area contributed by atoms with Crippen molar-refractivity contribution in [3.8, 4) is 11.5 Å². The van der Waals surface area contributed by atoms with Gasteiger partial charge in [0.05, 0.1) is 34.0 Å². The van der Waals surface area contributed by atoms with Crippen LogP contribution in [0.4, 0.5) is 5.69 Å². The van der Waals surface area contributed by atoms with Crippen LogP contribution in [-0.4, -0.2) is 10.9 Å². The number of hydrogen-bond donors (Lipinski definition) is 1. The molecule has 0 atom stereocenters. The Bertz CT molecular complexity index is 1440. The van der Waals surface area contributed by atoms with Gasteiger partial charge in [-0.1, -0.05) is 36.4 Å². The number of carbonyl (C=O) groups excluding carboxylic acids is 1. The molecule has 0 saturated carbocycles. The topological polar surface area (TPSA) is 85.3 Å². The van der Waals surface area contributed by atoms with Crippen LogP contribution in [0.3, 0.4) is 0 Å². The molecule has 0 spiro atoms. The molecular formula is C23H16N2O4. The molecular weight excluding hydrogens is 368 g/mol. The zero-order valence-electron chi connectivity index (χ0n) is 15.1. The van der Waals surface area contributed by atoms with Gasteiger partial charge in [-0.3, -0.25) is 4.79 Å². The smallest absolute Gasteiger partial charge is 0.347 e. The molecule has 2 aromatic heterocycles. The van der Waals surface area contributed by atoms with Gasteiger partial charge in [0, 0.05) is 6.81 Å². The Morgan fingerprint density at radius 2 is 1.76 bits per heavy atom. The number of aromatic nitrogens is 1. The minimum absolute atomic E-state index is 0. The van der Waals surface area contributed by atoms with Gasteiger partial charge in [0.1, 0.15) is 5.58 Å². The predicted molar refractivity (Wildman–Crippen MR) is 112 cm³/mol. The van der Waals surface area contributed by atoms with E-state index in [2.05, 4.69) is 10.3 Å². The van der Waals surface area contributed by atoms with E-state index < -0.39 is 5.63 Å². The van der Waals surface area contributed by atoms with Crippen LogP contribution >= 0.6 is 0 Å². The molecule has 0 saturated heterocycles. The third kappa shape index (κ3) is 2.96. The highest BCUT2D eigenvalue weighted by Gasteiger charge is 2.17. The third-order valence-electron chi connectivity index (χ3n) is 4.66. The summed E-state index contributed by atoms with van der Waals surface area (Å²) in [5.41, 5.74) is 1.96. The van der Waals surface area contributed by atoms with Gasteiger partial charge in [0.15, 0.2) is 0 Å². The van der Waals surface area contributed by atoms with E-state index in [1.165, 1.54) is 0 Å². The molecule has 1 amide bonds. The lowest BCUT2D eigenvalue weighted by molar-refractivity contribution is 0.102. The van der Waals surface area contributed by atoms with Crippen molar-refractivity contribution >= 4 is 33.5 Å². The maximum atomic E-state index is 12.9. The molecule has 0 aliphatic carbocycles. The van der Waals surface area contributed by atoms with Gasteiger partial charge < -0.3 is 14.2 Å². The van der Waals surface area contributed by atoms with Crippen LogP contribution in [0.25, 0.3) is 33.3 Å². The van der Waals surface area contributed by atoms with Crippen molar-refractivity contribution < 1.29 is 15.1 Å². The van der Waals surface area contributed by atoms with Gasteiger partial charge >= 0.3 is 5.63 Å². The fourth-order valence-electron chi connectivity index (χ4n) is 3.27. The van der Waals surface area contributed by atoms with Gasteiger partial charge in [-0.05, 0) is 36.4 Å². The number of nitrogens with zero attached hydrogens (tertiary/aromatic N) is 1. The van der Waals surface area contributed by atoms with E-state index in [1.807, 2.05) is 6.07 Å². The zero-order chi connectivity index (χ0) is 19.8. The van der Waals surface area contributed by atoms with E-state index in [0.717, 1.165) is 5.39 Å². The maximum absolute atomic E-state index is 12.9. The van der Waals surface area contributed by atoms with Crippen molar-refractivity contribution in [1.82, 2.24) is 4.98 Å². The Balaban J connectivity index is 0.00000218. The van der Waals surface area contributed by atoms with Gasteiger partial charge in [0.2, 0.25) is 5.89 Å². The fraction of sp³-hybridized carbons (Fsp3) is 0. The van der Waals surface area contributed by atoms with Crippen LogP contribution in [0.1, 0.15) is 11.8 Å². The molecule has 3 aromatic carbocycles. The molecule has 6 heteroatoms. The number of anilines is 1. The summed E-state index contributed by atoms with van der Waals surface area (Å²) in [6.45, 7) is 0. The summed E-state index contributed by atoms with van der Waals surface area (Å²) in [6, 6.07) is 21.2. The Morgan fingerprint density at radius 1 is 0.931 bits per heavy atom. The summed E-state index contributed by atoms with van der Waals surface area (Å²) < 4.78 is 10.9. The average Bonchev–Trinajstić information content (AvgIpc) is 3.23. The molecule has 29 heavy (non-hydrogen) atoms. The van der Waals surface area contributed by atoms with Crippen LogP contribution in [0.5, 0.6) is 0 Å².